The lowest BCUT2D eigenvalue weighted by Gasteiger charge is -2.06. The molecule has 0 rings (SSSR count). The van der Waals surface area contributed by atoms with Gasteiger partial charge in [0, 0.05) is 0 Å². The molecule has 0 fully saturated rings. The summed E-state index contributed by atoms with van der Waals surface area (Å²) in [5, 5.41) is -0.0218. The van der Waals surface area contributed by atoms with Crippen molar-refractivity contribution in [3.05, 3.63) is 0 Å². The van der Waals surface area contributed by atoms with Gasteiger partial charge in [0.1, 0.15) is 0 Å². The van der Waals surface area contributed by atoms with Gasteiger partial charge in [-0.3, -0.25) is 9.59 Å². The summed E-state index contributed by atoms with van der Waals surface area (Å²) in [4.78, 5) is 22.7. The Bertz CT molecular complexity index is 177. The molecule has 0 aromatic rings. The van der Waals surface area contributed by atoms with Crippen LogP contribution in [0.15, 0.2) is 0 Å². The Balaban J connectivity index is 3.99. The van der Waals surface area contributed by atoms with E-state index in [-0.39, 0.29) is 18.1 Å². The van der Waals surface area contributed by atoms with Crippen LogP contribution in [0.1, 0.15) is 26.7 Å². The highest BCUT2D eigenvalue weighted by molar-refractivity contribution is 14.1. The van der Waals surface area contributed by atoms with Gasteiger partial charge in [0.05, 0.1) is 7.85 Å². The standard InChI is InChI=1S/C8H12I2O2S/c1-3-5(9)7(11)13-8(12)6(10)4-2/h5-6H,3-4H2,1-2H3. The number of carbonyl (C=O) groups excluding carboxylic acids is 2. The first-order valence-corrected chi connectivity index (χ1v) is 7.37. The van der Waals surface area contributed by atoms with Crippen molar-refractivity contribution in [1.82, 2.24) is 0 Å². The Morgan fingerprint density at radius 3 is 1.62 bits per heavy atom. The largest absolute Gasteiger partial charge is 0.286 e. The minimum absolute atomic E-state index is 0.0109. The normalized spacial score (nSPS) is 15.1. The summed E-state index contributed by atoms with van der Waals surface area (Å²) in [6, 6.07) is 0. The second kappa shape index (κ2) is 7.44. The van der Waals surface area contributed by atoms with Crippen LogP contribution in [0.3, 0.4) is 0 Å². The van der Waals surface area contributed by atoms with E-state index in [0.717, 1.165) is 24.6 Å². The molecule has 2 unspecified atom stereocenters. The van der Waals surface area contributed by atoms with Crippen molar-refractivity contribution < 1.29 is 9.59 Å². The number of alkyl halides is 2. The molecule has 76 valence electrons. The quantitative estimate of drug-likeness (QED) is 0.512. The Hall–Kier alpha value is 1.15. The summed E-state index contributed by atoms with van der Waals surface area (Å²) in [5.41, 5.74) is 0. The van der Waals surface area contributed by atoms with Crippen LogP contribution in [-0.2, 0) is 9.59 Å². The second-order valence-electron chi connectivity index (χ2n) is 2.49. The highest BCUT2D eigenvalue weighted by Gasteiger charge is 2.21. The molecule has 0 heterocycles. The minimum atomic E-state index is -0.0352. The van der Waals surface area contributed by atoms with E-state index in [4.69, 9.17) is 0 Å². The predicted octanol–water partition coefficient (Wildman–Crippen LogP) is 3.20. The summed E-state index contributed by atoms with van der Waals surface area (Å²) in [6.07, 6.45) is 1.58. The highest BCUT2D eigenvalue weighted by Crippen LogP contribution is 2.21. The molecule has 2 nitrogen and oxygen atoms in total. The Kier molecular flexibility index (Phi) is 8.10. The molecule has 2 atom stereocenters. The summed E-state index contributed by atoms with van der Waals surface area (Å²) in [7, 11) is 0. The van der Waals surface area contributed by atoms with Gasteiger partial charge in [0.2, 0.25) is 10.2 Å². The molecule has 0 aromatic carbocycles. The van der Waals surface area contributed by atoms with Gasteiger partial charge in [-0.2, -0.15) is 0 Å². The number of hydrogen-bond donors (Lipinski definition) is 0. The summed E-state index contributed by atoms with van der Waals surface area (Å²) in [6.45, 7) is 3.89. The van der Waals surface area contributed by atoms with E-state index in [1.807, 2.05) is 13.8 Å². The average molecular weight is 426 g/mol. The first-order chi connectivity index (χ1) is 6.02. The van der Waals surface area contributed by atoms with Gasteiger partial charge in [-0.1, -0.05) is 59.0 Å². The lowest BCUT2D eigenvalue weighted by molar-refractivity contribution is -0.112. The van der Waals surface area contributed by atoms with E-state index >= 15 is 0 Å². The summed E-state index contributed by atoms with van der Waals surface area (Å²) < 4.78 is -0.0704. The van der Waals surface area contributed by atoms with Crippen molar-refractivity contribution in [2.45, 2.75) is 34.5 Å². The fourth-order valence-electron chi connectivity index (χ4n) is 0.560. The Morgan fingerprint density at radius 2 is 1.38 bits per heavy atom. The maximum absolute atomic E-state index is 11.3. The van der Waals surface area contributed by atoms with E-state index in [2.05, 4.69) is 45.2 Å². The molecule has 0 spiro atoms. The Morgan fingerprint density at radius 1 is 1.08 bits per heavy atom. The van der Waals surface area contributed by atoms with Gasteiger partial charge < -0.3 is 0 Å². The average Bonchev–Trinajstić information content (AvgIpc) is 2.14. The monoisotopic (exact) mass is 426 g/mol. The predicted molar refractivity (Wildman–Crippen MR) is 73.8 cm³/mol. The zero-order valence-electron chi connectivity index (χ0n) is 7.55. The van der Waals surface area contributed by atoms with Crippen molar-refractivity contribution in [3.8, 4) is 0 Å². The highest BCUT2D eigenvalue weighted by atomic mass is 127. The maximum atomic E-state index is 11.3. The maximum Gasteiger partial charge on any atom is 0.209 e. The fraction of sp³-hybridized carbons (Fsp3) is 0.750. The molecule has 0 amide bonds. The number of rotatable bonds is 4. The number of thioether (sulfide) groups is 1. The lowest BCUT2D eigenvalue weighted by Crippen LogP contribution is -2.16. The molecule has 0 bridgehead atoms. The van der Waals surface area contributed by atoms with Crippen LogP contribution in [0.2, 0.25) is 0 Å². The lowest BCUT2D eigenvalue weighted by atomic mass is 10.4. The van der Waals surface area contributed by atoms with E-state index < -0.39 is 0 Å². The van der Waals surface area contributed by atoms with Gasteiger partial charge >= 0.3 is 0 Å². The molecule has 0 saturated carbocycles. The molecule has 5 heteroatoms. The van der Waals surface area contributed by atoms with Crippen LogP contribution >= 0.6 is 56.9 Å². The van der Waals surface area contributed by atoms with Gasteiger partial charge in [-0.05, 0) is 24.6 Å². The summed E-state index contributed by atoms with van der Waals surface area (Å²) >= 11 is 5.02. The third-order valence-corrected chi connectivity index (χ3v) is 6.14. The van der Waals surface area contributed by atoms with E-state index in [0.29, 0.717) is 0 Å². The van der Waals surface area contributed by atoms with Crippen LogP contribution in [0.5, 0.6) is 0 Å². The van der Waals surface area contributed by atoms with Crippen LogP contribution in [-0.4, -0.2) is 18.1 Å². The molecule has 13 heavy (non-hydrogen) atoms. The van der Waals surface area contributed by atoms with Crippen LogP contribution in [0.25, 0.3) is 0 Å². The van der Waals surface area contributed by atoms with Crippen molar-refractivity contribution in [2.24, 2.45) is 0 Å². The molecular weight excluding hydrogens is 414 g/mol. The molecule has 0 aliphatic carbocycles. The second-order valence-corrected chi connectivity index (χ2v) is 6.51. The first-order valence-electron chi connectivity index (χ1n) is 4.06. The van der Waals surface area contributed by atoms with Gasteiger partial charge in [-0.15, -0.1) is 0 Å². The molecule has 0 aliphatic rings. The van der Waals surface area contributed by atoms with Crippen LogP contribution in [0, 0.1) is 0 Å². The number of halogens is 2. The summed E-state index contributed by atoms with van der Waals surface area (Å²) in [5.74, 6) is 0. The fourth-order valence-corrected chi connectivity index (χ4v) is 2.11. The number of hydrogen-bond acceptors (Lipinski definition) is 3. The van der Waals surface area contributed by atoms with Gasteiger partial charge in [0.15, 0.2) is 0 Å². The molecular formula is C8H12I2O2S. The van der Waals surface area contributed by atoms with E-state index in [1.165, 1.54) is 0 Å². The van der Waals surface area contributed by atoms with Crippen molar-refractivity contribution >= 4 is 67.2 Å². The van der Waals surface area contributed by atoms with E-state index in [1.54, 1.807) is 0 Å². The van der Waals surface area contributed by atoms with E-state index in [9.17, 15) is 9.59 Å². The van der Waals surface area contributed by atoms with Crippen LogP contribution in [0.4, 0.5) is 0 Å². The third-order valence-electron chi connectivity index (χ3n) is 1.43. The van der Waals surface area contributed by atoms with Crippen molar-refractivity contribution in [2.75, 3.05) is 0 Å². The van der Waals surface area contributed by atoms with Gasteiger partial charge in [0.25, 0.3) is 0 Å². The third kappa shape index (κ3) is 5.56. The molecule has 0 saturated heterocycles. The first kappa shape index (κ1) is 14.2. The Labute approximate surface area is 110 Å². The number of carbonyl (C=O) groups is 2. The molecule has 0 N–H and O–H groups in total. The van der Waals surface area contributed by atoms with Crippen molar-refractivity contribution in [3.63, 3.8) is 0 Å². The van der Waals surface area contributed by atoms with Crippen LogP contribution < -0.4 is 0 Å². The zero-order chi connectivity index (χ0) is 10.4. The molecule has 0 aromatic heterocycles. The van der Waals surface area contributed by atoms with Crippen molar-refractivity contribution in [1.29, 1.82) is 0 Å². The minimum Gasteiger partial charge on any atom is -0.286 e. The van der Waals surface area contributed by atoms with Gasteiger partial charge in [-0.25, -0.2) is 0 Å². The molecule has 0 radical (unpaired) electrons. The SMILES string of the molecule is CCC(I)C(=O)SC(=O)C(I)CC. The zero-order valence-corrected chi connectivity index (χ0v) is 12.7. The topological polar surface area (TPSA) is 34.1 Å². The smallest absolute Gasteiger partial charge is 0.209 e. The molecule has 0 aliphatic heterocycles.